The van der Waals surface area contributed by atoms with Crippen LogP contribution >= 0.6 is 11.6 Å². The minimum Gasteiger partial charge on any atom is -0.463 e. The zero-order valence-electron chi connectivity index (χ0n) is 8.91. The normalized spacial score (nSPS) is 11.2. The number of ether oxygens (including phenoxy) is 1. The molecule has 3 aromatic rings. The summed E-state index contributed by atoms with van der Waals surface area (Å²) in [5, 5.41) is 2.13. The van der Waals surface area contributed by atoms with Gasteiger partial charge in [0.2, 0.25) is 5.76 Å². The molecule has 0 aliphatic carbocycles. The molecule has 0 saturated carbocycles. The Bertz CT molecular complexity index is 726. The van der Waals surface area contributed by atoms with E-state index in [1.807, 2.05) is 12.1 Å². The quantitative estimate of drug-likeness (QED) is 0.673. The predicted octanol–water partition coefficient (Wildman–Crippen LogP) is 3.35. The average molecular weight is 250 g/mol. The molecule has 0 aliphatic rings. The van der Waals surface area contributed by atoms with Gasteiger partial charge < -0.3 is 14.1 Å². The number of rotatable bonds is 1. The molecule has 2 aromatic heterocycles. The van der Waals surface area contributed by atoms with E-state index in [-0.39, 0.29) is 5.76 Å². The van der Waals surface area contributed by atoms with Crippen molar-refractivity contribution >= 4 is 39.4 Å². The minimum absolute atomic E-state index is 0.150. The maximum atomic E-state index is 11.4. The molecule has 0 atom stereocenters. The van der Waals surface area contributed by atoms with Gasteiger partial charge in [-0.3, -0.25) is 0 Å². The molecule has 0 saturated heterocycles. The lowest BCUT2D eigenvalue weighted by molar-refractivity contribution is 0.0567. The van der Waals surface area contributed by atoms with Crippen molar-refractivity contribution in [2.75, 3.05) is 7.11 Å². The van der Waals surface area contributed by atoms with Crippen LogP contribution in [-0.2, 0) is 4.74 Å². The van der Waals surface area contributed by atoms with Crippen molar-refractivity contribution in [1.29, 1.82) is 0 Å². The zero-order valence-corrected chi connectivity index (χ0v) is 9.67. The summed E-state index contributed by atoms with van der Waals surface area (Å²) >= 11 is 6.21. The van der Waals surface area contributed by atoms with Crippen LogP contribution in [0.5, 0.6) is 0 Å². The number of aromatic nitrogens is 1. The Balaban J connectivity index is 2.35. The second-order valence-corrected chi connectivity index (χ2v) is 4.03. The monoisotopic (exact) mass is 249 g/mol. The van der Waals surface area contributed by atoms with E-state index in [1.54, 1.807) is 12.3 Å². The first-order chi connectivity index (χ1) is 8.20. The smallest absolute Gasteiger partial charge is 0.373 e. The first-order valence-electron chi connectivity index (χ1n) is 4.98. The van der Waals surface area contributed by atoms with Crippen LogP contribution in [-0.4, -0.2) is 18.1 Å². The fourth-order valence-electron chi connectivity index (χ4n) is 1.86. The Morgan fingerprint density at radius 1 is 1.47 bits per heavy atom. The number of methoxy groups -OCH3 is 1. The summed E-state index contributed by atoms with van der Waals surface area (Å²) in [6.45, 7) is 0. The Kier molecular flexibility index (Phi) is 2.12. The third-order valence-electron chi connectivity index (χ3n) is 2.66. The molecule has 0 unspecified atom stereocenters. The van der Waals surface area contributed by atoms with Gasteiger partial charge in [0.1, 0.15) is 0 Å². The number of fused-ring (bicyclic) bond motifs is 2. The Morgan fingerprint density at radius 2 is 2.29 bits per heavy atom. The van der Waals surface area contributed by atoms with Gasteiger partial charge in [0.25, 0.3) is 0 Å². The van der Waals surface area contributed by atoms with Crippen LogP contribution in [0.4, 0.5) is 0 Å². The fourth-order valence-corrected chi connectivity index (χ4v) is 2.17. The summed E-state index contributed by atoms with van der Waals surface area (Å²) in [6, 6.07) is 5.36. The molecule has 86 valence electrons. The number of carbonyl (C=O) groups is 1. The number of benzene rings is 1. The van der Waals surface area contributed by atoms with Gasteiger partial charge in [0, 0.05) is 22.5 Å². The largest absolute Gasteiger partial charge is 0.463 e. The first-order valence-corrected chi connectivity index (χ1v) is 5.36. The second-order valence-electron chi connectivity index (χ2n) is 3.65. The third-order valence-corrected chi connectivity index (χ3v) is 3.04. The second kappa shape index (κ2) is 3.53. The van der Waals surface area contributed by atoms with Gasteiger partial charge >= 0.3 is 5.97 Å². The fraction of sp³-hybridized carbons (Fsp3) is 0.0833. The highest BCUT2D eigenvalue weighted by Gasteiger charge is 2.16. The molecular formula is C12H8ClNO3. The zero-order chi connectivity index (χ0) is 12.0. The lowest BCUT2D eigenvalue weighted by Crippen LogP contribution is -1.97. The molecule has 3 rings (SSSR count). The van der Waals surface area contributed by atoms with Gasteiger partial charge in [-0.25, -0.2) is 4.79 Å². The van der Waals surface area contributed by atoms with Crippen molar-refractivity contribution in [1.82, 2.24) is 4.98 Å². The van der Waals surface area contributed by atoms with E-state index in [2.05, 4.69) is 9.72 Å². The molecule has 1 aromatic carbocycles. The van der Waals surface area contributed by atoms with Crippen LogP contribution in [0.3, 0.4) is 0 Å². The van der Waals surface area contributed by atoms with Crippen molar-refractivity contribution in [3.05, 3.63) is 35.2 Å². The number of esters is 1. The molecule has 0 spiro atoms. The Labute approximate surface area is 101 Å². The molecule has 0 amide bonds. The van der Waals surface area contributed by atoms with Crippen LogP contribution in [0.1, 0.15) is 10.6 Å². The van der Waals surface area contributed by atoms with Crippen molar-refractivity contribution in [2.24, 2.45) is 0 Å². The van der Waals surface area contributed by atoms with Crippen LogP contribution in [0.2, 0.25) is 5.02 Å². The summed E-state index contributed by atoms with van der Waals surface area (Å²) in [6.07, 6.45) is 1.80. The number of carbonyl (C=O) groups excluding carboxylic acids is 1. The molecule has 0 radical (unpaired) electrons. The molecule has 4 nitrogen and oxygen atoms in total. The average Bonchev–Trinajstić information content (AvgIpc) is 2.94. The van der Waals surface area contributed by atoms with E-state index in [0.717, 1.165) is 16.3 Å². The molecule has 0 bridgehead atoms. The van der Waals surface area contributed by atoms with Gasteiger partial charge in [-0.1, -0.05) is 11.6 Å². The van der Waals surface area contributed by atoms with Crippen molar-refractivity contribution in [3.8, 4) is 0 Å². The summed E-state index contributed by atoms with van der Waals surface area (Å²) in [7, 11) is 1.31. The molecule has 17 heavy (non-hydrogen) atoms. The number of nitrogens with one attached hydrogen (secondary N) is 1. The van der Waals surface area contributed by atoms with E-state index >= 15 is 0 Å². The minimum atomic E-state index is -0.513. The number of H-pyrrole nitrogens is 1. The third kappa shape index (κ3) is 1.41. The van der Waals surface area contributed by atoms with E-state index < -0.39 is 5.97 Å². The number of furan rings is 1. The lowest BCUT2D eigenvalue weighted by atomic mass is 10.2. The Morgan fingerprint density at radius 3 is 3.06 bits per heavy atom. The number of hydrogen-bond acceptors (Lipinski definition) is 3. The highest BCUT2D eigenvalue weighted by atomic mass is 35.5. The van der Waals surface area contributed by atoms with Crippen LogP contribution in [0, 0.1) is 0 Å². The van der Waals surface area contributed by atoms with Crippen LogP contribution < -0.4 is 0 Å². The van der Waals surface area contributed by atoms with Crippen molar-refractivity contribution < 1.29 is 13.9 Å². The SMILES string of the molecule is COC(=O)c1cc2cc3[nH]ccc3c(Cl)c2o1. The number of aromatic amines is 1. The lowest BCUT2D eigenvalue weighted by Gasteiger charge is -1.95. The topological polar surface area (TPSA) is 55.2 Å². The predicted molar refractivity (Wildman–Crippen MR) is 64.4 cm³/mol. The molecular weight excluding hydrogens is 242 g/mol. The van der Waals surface area contributed by atoms with E-state index in [0.29, 0.717) is 10.6 Å². The highest BCUT2D eigenvalue weighted by molar-refractivity contribution is 6.40. The highest BCUT2D eigenvalue weighted by Crippen LogP contribution is 2.33. The van der Waals surface area contributed by atoms with Gasteiger partial charge in [-0.2, -0.15) is 0 Å². The molecule has 5 heteroatoms. The first kappa shape index (κ1) is 10.2. The van der Waals surface area contributed by atoms with Gasteiger partial charge in [0.05, 0.1) is 12.1 Å². The van der Waals surface area contributed by atoms with Gasteiger partial charge in [-0.05, 0) is 18.2 Å². The number of halogens is 1. The Hall–Kier alpha value is -1.94. The van der Waals surface area contributed by atoms with Crippen molar-refractivity contribution in [2.45, 2.75) is 0 Å². The van der Waals surface area contributed by atoms with E-state index in [9.17, 15) is 4.79 Å². The maximum Gasteiger partial charge on any atom is 0.373 e. The summed E-state index contributed by atoms with van der Waals surface area (Å²) in [4.78, 5) is 14.4. The van der Waals surface area contributed by atoms with Crippen molar-refractivity contribution in [3.63, 3.8) is 0 Å². The molecule has 1 N–H and O–H groups in total. The maximum absolute atomic E-state index is 11.4. The van der Waals surface area contributed by atoms with E-state index in [4.69, 9.17) is 16.0 Å². The van der Waals surface area contributed by atoms with Crippen LogP contribution in [0.25, 0.3) is 21.9 Å². The number of hydrogen-bond donors (Lipinski definition) is 1. The molecule has 0 aliphatic heterocycles. The van der Waals surface area contributed by atoms with Gasteiger partial charge in [-0.15, -0.1) is 0 Å². The summed E-state index contributed by atoms with van der Waals surface area (Å²) < 4.78 is 10.0. The van der Waals surface area contributed by atoms with Gasteiger partial charge in [0.15, 0.2) is 5.58 Å². The molecule has 2 heterocycles. The molecule has 0 fully saturated rings. The van der Waals surface area contributed by atoms with Crippen LogP contribution in [0.15, 0.2) is 28.8 Å². The summed E-state index contributed by atoms with van der Waals surface area (Å²) in [5.41, 5.74) is 1.40. The van der Waals surface area contributed by atoms with E-state index in [1.165, 1.54) is 7.11 Å². The standard InChI is InChI=1S/C12H8ClNO3/c1-16-12(15)9-5-6-4-8-7(2-3-14-8)10(13)11(6)17-9/h2-5,14H,1H3. The summed E-state index contributed by atoms with van der Waals surface area (Å²) in [5.74, 6) is -0.363.